The molecule has 0 aliphatic carbocycles. The number of thiophene rings is 2. The second-order valence-corrected chi connectivity index (χ2v) is 9.47. The average Bonchev–Trinajstić information content (AvgIpc) is 3.36. The normalized spacial score (nSPS) is 16.6. The van der Waals surface area contributed by atoms with Crippen molar-refractivity contribution in [1.29, 1.82) is 0 Å². The molecule has 0 saturated carbocycles. The zero-order valence-electron chi connectivity index (χ0n) is 16.2. The summed E-state index contributed by atoms with van der Waals surface area (Å²) >= 11 is 2.91. The minimum absolute atomic E-state index is 0.0343. The Morgan fingerprint density at radius 2 is 1.76 bits per heavy atom. The van der Waals surface area contributed by atoms with Crippen molar-refractivity contribution in [2.45, 2.75) is 20.0 Å². The number of aryl methyl sites for hydroxylation is 2. The molecule has 3 aromatic rings. The Labute approximate surface area is 177 Å². The molecule has 7 heteroatoms. The molecule has 0 spiro atoms. The highest BCUT2D eigenvalue weighted by Gasteiger charge is 2.27. The molecule has 2 aromatic heterocycles. The molecule has 1 aliphatic heterocycles. The third-order valence-electron chi connectivity index (χ3n) is 4.69. The molecule has 0 bridgehead atoms. The summed E-state index contributed by atoms with van der Waals surface area (Å²) in [4.78, 5) is 30.4. The van der Waals surface area contributed by atoms with Crippen molar-refractivity contribution in [3.63, 3.8) is 0 Å². The molecule has 1 atom stereocenters. The van der Waals surface area contributed by atoms with Gasteiger partial charge in [-0.2, -0.15) is 0 Å². The standard InChI is InChI=1S/C22H21NO4S2/c1-14-6-8-19(28-14)21(24)23-10-11-26-18(13-23)16-4-3-5-17(12-16)27-22(25)20-9-7-15(2)29-20/h3-9,12,18H,10-11,13H2,1-2H3/t18-/m0/s1. The van der Waals surface area contributed by atoms with Crippen LogP contribution in [-0.4, -0.2) is 36.5 Å². The van der Waals surface area contributed by atoms with Crippen molar-refractivity contribution in [1.82, 2.24) is 4.90 Å². The van der Waals surface area contributed by atoms with Crippen LogP contribution in [0, 0.1) is 13.8 Å². The van der Waals surface area contributed by atoms with Crippen molar-refractivity contribution in [3.8, 4) is 5.75 Å². The number of esters is 1. The molecule has 0 radical (unpaired) electrons. The molecule has 3 heterocycles. The van der Waals surface area contributed by atoms with E-state index in [4.69, 9.17) is 9.47 Å². The summed E-state index contributed by atoms with van der Waals surface area (Å²) in [6.45, 7) is 5.45. The number of benzene rings is 1. The van der Waals surface area contributed by atoms with Gasteiger partial charge in [0.25, 0.3) is 5.91 Å². The van der Waals surface area contributed by atoms with E-state index in [9.17, 15) is 9.59 Å². The minimum Gasteiger partial charge on any atom is -0.422 e. The van der Waals surface area contributed by atoms with E-state index in [0.717, 1.165) is 20.2 Å². The SMILES string of the molecule is Cc1ccc(C(=O)Oc2cccc([C@@H]3CN(C(=O)c4ccc(C)s4)CCO3)c2)s1. The predicted molar refractivity (Wildman–Crippen MR) is 114 cm³/mol. The molecule has 150 valence electrons. The number of amides is 1. The van der Waals surface area contributed by atoms with Crippen LogP contribution in [-0.2, 0) is 4.74 Å². The maximum atomic E-state index is 12.8. The quantitative estimate of drug-likeness (QED) is 0.441. The lowest BCUT2D eigenvalue weighted by molar-refractivity contribution is -0.0227. The summed E-state index contributed by atoms with van der Waals surface area (Å²) in [7, 11) is 0. The highest BCUT2D eigenvalue weighted by Crippen LogP contribution is 2.28. The highest BCUT2D eigenvalue weighted by atomic mass is 32.1. The molecule has 1 fully saturated rings. The first kappa shape index (κ1) is 19.8. The van der Waals surface area contributed by atoms with Gasteiger partial charge in [0.1, 0.15) is 16.7 Å². The maximum Gasteiger partial charge on any atom is 0.353 e. The topological polar surface area (TPSA) is 55.8 Å². The molecule has 1 aliphatic rings. The van der Waals surface area contributed by atoms with Crippen molar-refractivity contribution < 1.29 is 19.1 Å². The van der Waals surface area contributed by atoms with Crippen LogP contribution in [0.5, 0.6) is 5.75 Å². The van der Waals surface area contributed by atoms with Crippen LogP contribution in [0.1, 0.15) is 40.8 Å². The minimum atomic E-state index is -0.366. The summed E-state index contributed by atoms with van der Waals surface area (Å²) in [6.07, 6.45) is -0.253. The lowest BCUT2D eigenvalue weighted by Crippen LogP contribution is -2.42. The lowest BCUT2D eigenvalue weighted by atomic mass is 10.1. The van der Waals surface area contributed by atoms with E-state index in [-0.39, 0.29) is 18.0 Å². The van der Waals surface area contributed by atoms with Crippen molar-refractivity contribution in [2.75, 3.05) is 19.7 Å². The van der Waals surface area contributed by atoms with Crippen LogP contribution < -0.4 is 4.74 Å². The Bertz CT molecular complexity index is 1040. The van der Waals surface area contributed by atoms with Gasteiger partial charge in [-0.05, 0) is 55.8 Å². The number of morpholine rings is 1. The van der Waals surface area contributed by atoms with Gasteiger partial charge >= 0.3 is 5.97 Å². The van der Waals surface area contributed by atoms with Crippen LogP contribution in [0.25, 0.3) is 0 Å². The molecule has 5 nitrogen and oxygen atoms in total. The van der Waals surface area contributed by atoms with Gasteiger partial charge in [-0.25, -0.2) is 4.79 Å². The van der Waals surface area contributed by atoms with E-state index in [1.807, 2.05) is 55.1 Å². The van der Waals surface area contributed by atoms with E-state index in [1.54, 1.807) is 12.1 Å². The molecule has 0 N–H and O–H groups in total. The summed E-state index contributed by atoms with van der Waals surface area (Å²) in [5.74, 6) is 0.140. The molecular formula is C22H21NO4S2. The molecule has 0 unspecified atom stereocenters. The van der Waals surface area contributed by atoms with Gasteiger partial charge in [0, 0.05) is 16.3 Å². The predicted octanol–water partition coefficient (Wildman–Crippen LogP) is 4.86. The van der Waals surface area contributed by atoms with Crippen LogP contribution in [0.2, 0.25) is 0 Å². The fourth-order valence-corrected chi connectivity index (χ4v) is 4.80. The second kappa shape index (κ2) is 8.49. The Morgan fingerprint density at radius 3 is 2.45 bits per heavy atom. The Balaban J connectivity index is 1.46. The Kier molecular flexibility index (Phi) is 5.80. The first-order valence-corrected chi connectivity index (χ1v) is 11.0. The molecule has 4 rings (SSSR count). The number of carbonyl (C=O) groups excluding carboxylic acids is 2. The molecule has 1 aromatic carbocycles. The zero-order chi connectivity index (χ0) is 20.4. The maximum absolute atomic E-state index is 12.8. The smallest absolute Gasteiger partial charge is 0.353 e. The number of hydrogen-bond donors (Lipinski definition) is 0. The van der Waals surface area contributed by atoms with Crippen molar-refractivity contribution in [2.24, 2.45) is 0 Å². The van der Waals surface area contributed by atoms with E-state index in [2.05, 4.69) is 0 Å². The van der Waals surface area contributed by atoms with E-state index < -0.39 is 0 Å². The van der Waals surface area contributed by atoms with Crippen molar-refractivity contribution >= 4 is 34.6 Å². The molecule has 1 saturated heterocycles. The van der Waals surface area contributed by atoms with E-state index >= 15 is 0 Å². The van der Waals surface area contributed by atoms with Crippen LogP contribution in [0.3, 0.4) is 0 Å². The monoisotopic (exact) mass is 427 g/mol. The first-order valence-electron chi connectivity index (χ1n) is 9.35. The van der Waals surface area contributed by atoms with Crippen LogP contribution >= 0.6 is 22.7 Å². The summed E-state index contributed by atoms with van der Waals surface area (Å²) in [6, 6.07) is 14.8. The number of ether oxygens (including phenoxy) is 2. The zero-order valence-corrected chi connectivity index (χ0v) is 17.8. The highest BCUT2D eigenvalue weighted by molar-refractivity contribution is 7.14. The van der Waals surface area contributed by atoms with Gasteiger partial charge in [0.2, 0.25) is 0 Å². The fraction of sp³-hybridized carbons (Fsp3) is 0.273. The average molecular weight is 428 g/mol. The lowest BCUT2D eigenvalue weighted by Gasteiger charge is -2.33. The number of nitrogens with zero attached hydrogens (tertiary/aromatic N) is 1. The summed E-state index contributed by atoms with van der Waals surface area (Å²) in [5.41, 5.74) is 0.887. The number of rotatable bonds is 4. The second-order valence-electron chi connectivity index (χ2n) is 6.89. The van der Waals surface area contributed by atoms with Crippen LogP contribution in [0.15, 0.2) is 48.5 Å². The molecule has 29 heavy (non-hydrogen) atoms. The van der Waals surface area contributed by atoms with E-state index in [1.165, 1.54) is 22.7 Å². The summed E-state index contributed by atoms with van der Waals surface area (Å²) < 4.78 is 11.4. The fourth-order valence-electron chi connectivity index (χ4n) is 3.22. The van der Waals surface area contributed by atoms with Gasteiger partial charge in [0.15, 0.2) is 0 Å². The first-order chi connectivity index (χ1) is 14.0. The summed E-state index contributed by atoms with van der Waals surface area (Å²) in [5, 5.41) is 0. The molecule has 1 amide bonds. The van der Waals surface area contributed by atoms with Gasteiger partial charge in [-0.3, -0.25) is 4.79 Å². The Morgan fingerprint density at radius 1 is 1.03 bits per heavy atom. The van der Waals surface area contributed by atoms with Crippen molar-refractivity contribution in [3.05, 3.63) is 73.6 Å². The Hall–Kier alpha value is -2.48. The number of carbonyl (C=O) groups is 2. The third-order valence-corrected chi connectivity index (χ3v) is 6.66. The van der Waals surface area contributed by atoms with Gasteiger partial charge in [-0.1, -0.05) is 12.1 Å². The number of hydrogen-bond acceptors (Lipinski definition) is 6. The van der Waals surface area contributed by atoms with Crippen LogP contribution in [0.4, 0.5) is 0 Å². The van der Waals surface area contributed by atoms with E-state index in [0.29, 0.717) is 30.3 Å². The van der Waals surface area contributed by atoms with Gasteiger partial charge in [0.05, 0.1) is 18.0 Å². The van der Waals surface area contributed by atoms with Gasteiger partial charge < -0.3 is 14.4 Å². The largest absolute Gasteiger partial charge is 0.422 e. The van der Waals surface area contributed by atoms with Gasteiger partial charge in [-0.15, -0.1) is 22.7 Å². The third kappa shape index (κ3) is 4.58. The molecular weight excluding hydrogens is 406 g/mol.